The second kappa shape index (κ2) is 7.08. The minimum absolute atomic E-state index is 0.0360. The Labute approximate surface area is 164 Å². The highest BCUT2D eigenvalue weighted by molar-refractivity contribution is 5.79. The number of likely N-dealkylation sites (tertiary alicyclic amines) is 1. The lowest BCUT2D eigenvalue weighted by Gasteiger charge is -2.30. The number of aromatic nitrogens is 3. The van der Waals surface area contributed by atoms with E-state index in [1.807, 2.05) is 6.07 Å². The van der Waals surface area contributed by atoms with Gasteiger partial charge in [-0.05, 0) is 31.0 Å². The van der Waals surface area contributed by atoms with Crippen LogP contribution in [0.3, 0.4) is 0 Å². The number of nitrogens with zero attached hydrogens (tertiary/aromatic N) is 4. The quantitative estimate of drug-likeness (QED) is 0.523. The van der Waals surface area contributed by atoms with Crippen LogP contribution in [0, 0.1) is 0 Å². The van der Waals surface area contributed by atoms with Crippen LogP contribution in [-0.4, -0.2) is 38.7 Å². The molecule has 9 nitrogen and oxygen atoms in total. The Hall–Kier alpha value is -3.62. The Morgan fingerprint density at radius 2 is 1.93 bits per heavy atom. The largest absolute Gasteiger partial charge is 0.472 e. The van der Waals surface area contributed by atoms with E-state index in [0.29, 0.717) is 36.0 Å². The number of amides is 1. The number of fused-ring (bicyclic) bond motifs is 1. The minimum atomic E-state index is -0.521. The summed E-state index contributed by atoms with van der Waals surface area (Å²) in [5.41, 5.74) is 1.85. The molecule has 0 spiro atoms. The first-order chi connectivity index (χ1) is 14.2. The highest BCUT2D eigenvalue weighted by Gasteiger charge is 2.28. The van der Waals surface area contributed by atoms with E-state index in [0.717, 1.165) is 18.4 Å². The van der Waals surface area contributed by atoms with Crippen LogP contribution in [0.4, 0.5) is 0 Å². The lowest BCUT2D eigenvalue weighted by molar-refractivity contribution is -0.133. The molecule has 0 atom stereocenters. The molecule has 4 aromatic rings. The summed E-state index contributed by atoms with van der Waals surface area (Å²) in [7, 11) is 0. The molecule has 0 radical (unpaired) electrons. The third kappa shape index (κ3) is 3.24. The average molecular weight is 394 g/mol. The van der Waals surface area contributed by atoms with Crippen molar-refractivity contribution in [2.75, 3.05) is 13.1 Å². The number of benzene rings is 1. The molecule has 5 rings (SSSR count). The molecule has 1 fully saturated rings. The van der Waals surface area contributed by atoms with E-state index in [-0.39, 0.29) is 18.4 Å². The van der Waals surface area contributed by atoms with E-state index in [1.54, 1.807) is 41.7 Å². The van der Waals surface area contributed by atoms with Crippen LogP contribution in [0.1, 0.15) is 24.7 Å². The van der Waals surface area contributed by atoms with Gasteiger partial charge in [0.2, 0.25) is 11.8 Å². The summed E-state index contributed by atoms with van der Waals surface area (Å²) in [6.45, 7) is 1.10. The molecule has 0 N–H and O–H groups in total. The second-order valence-corrected chi connectivity index (χ2v) is 7.03. The van der Waals surface area contributed by atoms with Crippen molar-refractivity contribution in [3.8, 4) is 11.5 Å². The Bertz CT molecular complexity index is 1200. The number of hydrogen-bond acceptors (Lipinski definition) is 7. The standard InChI is InChI=1S/C20H18N4O5/c25-17(11-24-15-3-1-2-4-16(15)28-20(24)26)23-8-5-13(6-9-23)18-21-22-19(29-18)14-7-10-27-12-14/h1-4,7,10,12-13H,5-6,8-9,11H2. The molecule has 0 aliphatic carbocycles. The van der Waals surface area contributed by atoms with Crippen molar-refractivity contribution in [3.05, 3.63) is 59.3 Å². The number of para-hydroxylation sites is 2. The smallest absolute Gasteiger partial charge is 0.420 e. The zero-order chi connectivity index (χ0) is 19.8. The fraction of sp³-hybridized carbons (Fsp3) is 0.300. The molecule has 29 heavy (non-hydrogen) atoms. The molecule has 9 heteroatoms. The normalized spacial score (nSPS) is 15.2. The van der Waals surface area contributed by atoms with Gasteiger partial charge in [0, 0.05) is 19.0 Å². The molecule has 0 saturated carbocycles. The Kier molecular flexibility index (Phi) is 4.27. The number of rotatable bonds is 4. The van der Waals surface area contributed by atoms with Crippen LogP contribution in [-0.2, 0) is 11.3 Å². The first kappa shape index (κ1) is 17.5. The number of furan rings is 1. The van der Waals surface area contributed by atoms with Gasteiger partial charge < -0.3 is 18.2 Å². The van der Waals surface area contributed by atoms with Gasteiger partial charge in [-0.3, -0.25) is 9.36 Å². The predicted molar refractivity (Wildman–Crippen MR) is 101 cm³/mol. The van der Waals surface area contributed by atoms with Crippen molar-refractivity contribution >= 4 is 17.0 Å². The van der Waals surface area contributed by atoms with Gasteiger partial charge in [0.15, 0.2) is 5.58 Å². The van der Waals surface area contributed by atoms with Gasteiger partial charge in [-0.25, -0.2) is 4.79 Å². The molecule has 1 aliphatic heterocycles. The fourth-order valence-electron chi connectivity index (χ4n) is 3.68. The molecule has 1 saturated heterocycles. The van der Waals surface area contributed by atoms with Crippen molar-refractivity contribution in [2.45, 2.75) is 25.3 Å². The molecule has 0 unspecified atom stereocenters. The Morgan fingerprint density at radius 1 is 1.10 bits per heavy atom. The lowest BCUT2D eigenvalue weighted by atomic mass is 9.97. The van der Waals surface area contributed by atoms with E-state index in [9.17, 15) is 9.59 Å². The monoisotopic (exact) mass is 394 g/mol. The molecule has 4 heterocycles. The van der Waals surface area contributed by atoms with Gasteiger partial charge in [-0.15, -0.1) is 10.2 Å². The number of hydrogen-bond donors (Lipinski definition) is 0. The summed E-state index contributed by atoms with van der Waals surface area (Å²) < 4.78 is 17.4. The van der Waals surface area contributed by atoms with Crippen LogP contribution >= 0.6 is 0 Å². The number of piperidine rings is 1. The first-order valence-corrected chi connectivity index (χ1v) is 9.41. The van der Waals surface area contributed by atoms with Crippen molar-refractivity contribution in [1.82, 2.24) is 19.7 Å². The highest BCUT2D eigenvalue weighted by Crippen LogP contribution is 2.29. The molecule has 1 aliphatic rings. The number of carbonyl (C=O) groups is 1. The van der Waals surface area contributed by atoms with Crippen LogP contribution in [0.25, 0.3) is 22.6 Å². The van der Waals surface area contributed by atoms with E-state index < -0.39 is 5.76 Å². The SMILES string of the molecule is O=C(Cn1c(=O)oc2ccccc21)N1CCC(c2nnc(-c3ccoc3)o2)CC1. The lowest BCUT2D eigenvalue weighted by Crippen LogP contribution is -2.40. The molecule has 3 aromatic heterocycles. The van der Waals surface area contributed by atoms with Gasteiger partial charge in [-0.1, -0.05) is 12.1 Å². The van der Waals surface area contributed by atoms with Crippen molar-refractivity contribution in [2.24, 2.45) is 0 Å². The van der Waals surface area contributed by atoms with Gasteiger partial charge in [0.05, 0.1) is 17.3 Å². The Balaban J connectivity index is 1.24. The summed E-state index contributed by atoms with van der Waals surface area (Å²) in [5.74, 6) is 0.474. The van der Waals surface area contributed by atoms with E-state index >= 15 is 0 Å². The van der Waals surface area contributed by atoms with Crippen LogP contribution in [0.5, 0.6) is 0 Å². The van der Waals surface area contributed by atoms with Gasteiger partial charge in [0.25, 0.3) is 5.89 Å². The minimum Gasteiger partial charge on any atom is -0.472 e. The van der Waals surface area contributed by atoms with Crippen molar-refractivity contribution in [3.63, 3.8) is 0 Å². The third-order valence-corrected chi connectivity index (χ3v) is 5.27. The van der Waals surface area contributed by atoms with E-state index in [2.05, 4.69) is 10.2 Å². The molecule has 1 aromatic carbocycles. The number of oxazole rings is 1. The maximum Gasteiger partial charge on any atom is 0.420 e. The second-order valence-electron chi connectivity index (χ2n) is 7.03. The van der Waals surface area contributed by atoms with Gasteiger partial charge in [0.1, 0.15) is 12.8 Å². The molecule has 0 bridgehead atoms. The molecular formula is C20H18N4O5. The maximum atomic E-state index is 12.7. The molecule has 1 amide bonds. The van der Waals surface area contributed by atoms with Crippen LogP contribution in [0.15, 0.2) is 60.9 Å². The predicted octanol–water partition coefficient (Wildman–Crippen LogP) is 2.64. The zero-order valence-electron chi connectivity index (χ0n) is 15.5. The summed E-state index contributed by atoms with van der Waals surface area (Å²) in [4.78, 5) is 26.6. The summed E-state index contributed by atoms with van der Waals surface area (Å²) in [6, 6.07) is 8.85. The topological polar surface area (TPSA) is 108 Å². The number of carbonyl (C=O) groups excluding carboxylic acids is 1. The highest BCUT2D eigenvalue weighted by atomic mass is 16.4. The Morgan fingerprint density at radius 3 is 2.72 bits per heavy atom. The first-order valence-electron chi connectivity index (χ1n) is 9.41. The average Bonchev–Trinajstić information content (AvgIpc) is 3.49. The summed E-state index contributed by atoms with van der Waals surface area (Å²) in [6.07, 6.45) is 4.55. The van der Waals surface area contributed by atoms with E-state index in [1.165, 1.54) is 4.57 Å². The van der Waals surface area contributed by atoms with Crippen LogP contribution in [0.2, 0.25) is 0 Å². The zero-order valence-corrected chi connectivity index (χ0v) is 15.5. The third-order valence-electron chi connectivity index (χ3n) is 5.27. The molecule has 148 valence electrons. The van der Waals surface area contributed by atoms with Crippen molar-refractivity contribution < 1.29 is 18.0 Å². The maximum absolute atomic E-state index is 12.7. The van der Waals surface area contributed by atoms with Gasteiger partial charge in [-0.2, -0.15) is 0 Å². The van der Waals surface area contributed by atoms with Gasteiger partial charge >= 0.3 is 5.76 Å². The van der Waals surface area contributed by atoms with E-state index in [4.69, 9.17) is 13.3 Å². The van der Waals surface area contributed by atoms with Crippen LogP contribution < -0.4 is 5.76 Å². The summed E-state index contributed by atoms with van der Waals surface area (Å²) in [5, 5.41) is 8.22. The molecular weight excluding hydrogens is 376 g/mol. The van der Waals surface area contributed by atoms with Crippen molar-refractivity contribution in [1.29, 1.82) is 0 Å². The fourth-order valence-corrected chi connectivity index (χ4v) is 3.68. The summed E-state index contributed by atoms with van der Waals surface area (Å²) >= 11 is 0.